The number of methoxy groups -OCH3 is 1. The molecule has 0 bridgehead atoms. The van der Waals surface area contributed by atoms with Gasteiger partial charge in [0, 0.05) is 24.5 Å². The van der Waals surface area contributed by atoms with Crippen molar-refractivity contribution in [2.24, 2.45) is 5.41 Å². The first-order valence-electron chi connectivity index (χ1n) is 11.8. The van der Waals surface area contributed by atoms with Gasteiger partial charge in [-0.15, -0.1) is 0 Å². The quantitative estimate of drug-likeness (QED) is 0.351. The largest absolute Gasteiger partial charge is 0.493 e. The maximum absolute atomic E-state index is 13.7. The van der Waals surface area contributed by atoms with E-state index in [1.165, 1.54) is 6.08 Å². The van der Waals surface area contributed by atoms with Gasteiger partial charge in [0.25, 0.3) is 5.91 Å². The van der Waals surface area contributed by atoms with Crippen molar-refractivity contribution in [3.05, 3.63) is 65.7 Å². The second kappa shape index (κ2) is 9.57. The molecule has 8 heteroatoms. The third kappa shape index (κ3) is 4.63. The zero-order valence-electron chi connectivity index (χ0n) is 19.8. The Hall–Kier alpha value is -3.00. The predicted molar refractivity (Wildman–Crippen MR) is 136 cm³/mol. The normalized spacial score (nSPS) is 19.6. The molecule has 1 saturated carbocycles. The summed E-state index contributed by atoms with van der Waals surface area (Å²) in [6, 6.07) is 11.5. The van der Waals surface area contributed by atoms with E-state index in [2.05, 4.69) is 28.6 Å². The number of carbonyl (C=O) groups is 2. The lowest BCUT2D eigenvalue weighted by Crippen LogP contribution is -2.42. The number of carbonyl (C=O) groups excluding carboxylic acids is 2. The van der Waals surface area contributed by atoms with Gasteiger partial charge >= 0.3 is 6.09 Å². The lowest BCUT2D eigenvalue weighted by molar-refractivity contribution is 0.0741. The van der Waals surface area contributed by atoms with E-state index < -0.39 is 6.09 Å². The number of anilines is 1. The van der Waals surface area contributed by atoms with Gasteiger partial charge in [0.15, 0.2) is 11.5 Å². The van der Waals surface area contributed by atoms with Crippen LogP contribution in [0.2, 0.25) is 0 Å². The van der Waals surface area contributed by atoms with Crippen LogP contribution in [0.5, 0.6) is 11.5 Å². The zero-order valence-corrected chi connectivity index (χ0v) is 21.4. The SMILES string of the molecule is C=CCOC(=O)N1C[C@@H]2CC3(CC3)CN2C(=O)c2cc(OC)c(OCc3cccc(CBr)c3)cc21. The molecule has 0 radical (unpaired) electrons. The van der Waals surface area contributed by atoms with Crippen LogP contribution in [0.1, 0.15) is 40.7 Å². The molecule has 1 spiro atoms. The molecule has 1 atom stereocenters. The Balaban J connectivity index is 1.50. The maximum Gasteiger partial charge on any atom is 0.414 e. The molecule has 0 unspecified atom stereocenters. The minimum atomic E-state index is -0.501. The van der Waals surface area contributed by atoms with E-state index in [0.29, 0.717) is 35.9 Å². The minimum absolute atomic E-state index is 0.0453. The Labute approximate surface area is 213 Å². The van der Waals surface area contributed by atoms with Crippen LogP contribution >= 0.6 is 15.9 Å². The summed E-state index contributed by atoms with van der Waals surface area (Å²) in [7, 11) is 1.55. The molecule has 2 fully saturated rings. The highest BCUT2D eigenvalue weighted by atomic mass is 79.9. The topological polar surface area (TPSA) is 68.3 Å². The molecule has 0 N–H and O–H groups in total. The monoisotopic (exact) mass is 540 g/mol. The molecule has 2 aromatic rings. The van der Waals surface area contributed by atoms with E-state index in [-0.39, 0.29) is 24.0 Å². The smallest absolute Gasteiger partial charge is 0.414 e. The molecule has 7 nitrogen and oxygen atoms in total. The number of rotatable bonds is 7. The van der Waals surface area contributed by atoms with Crippen molar-refractivity contribution in [1.29, 1.82) is 0 Å². The van der Waals surface area contributed by atoms with Crippen molar-refractivity contribution in [2.75, 3.05) is 31.7 Å². The molecular formula is C27H29BrN2O5. The molecule has 2 aromatic carbocycles. The first-order chi connectivity index (χ1) is 17.0. The summed E-state index contributed by atoms with van der Waals surface area (Å²) in [4.78, 5) is 30.3. The second-order valence-electron chi connectivity index (χ2n) is 9.53. The number of hydrogen-bond acceptors (Lipinski definition) is 5. The zero-order chi connectivity index (χ0) is 24.6. The lowest BCUT2D eigenvalue weighted by Gasteiger charge is -2.26. The number of halogens is 1. The Morgan fingerprint density at radius 1 is 1.23 bits per heavy atom. The molecule has 184 valence electrons. The van der Waals surface area contributed by atoms with Crippen LogP contribution in [0, 0.1) is 5.41 Å². The predicted octanol–water partition coefficient (Wildman–Crippen LogP) is 5.31. The average molecular weight is 541 g/mol. The molecule has 0 aromatic heterocycles. The van der Waals surface area contributed by atoms with Crippen molar-refractivity contribution >= 4 is 33.6 Å². The summed E-state index contributed by atoms with van der Waals surface area (Å²) in [6.07, 6.45) is 4.20. The Kier molecular flexibility index (Phi) is 6.49. The fraction of sp³-hybridized carbons (Fsp3) is 0.407. The standard InChI is InChI=1S/C27H29BrN2O5/c1-3-9-34-26(32)29-15-20-13-27(7-8-27)17-30(20)25(31)21-11-23(33-2)24(12-22(21)29)35-16-19-6-4-5-18(10-19)14-28/h3-6,10-12,20H,1,7-9,13-17H2,2H3/t20-/m0/s1. The number of nitrogens with zero attached hydrogens (tertiary/aromatic N) is 2. The van der Waals surface area contributed by atoms with Gasteiger partial charge in [0.2, 0.25) is 0 Å². The van der Waals surface area contributed by atoms with Crippen LogP contribution in [-0.2, 0) is 16.7 Å². The van der Waals surface area contributed by atoms with Crippen molar-refractivity contribution in [3.8, 4) is 11.5 Å². The Morgan fingerprint density at radius 3 is 2.74 bits per heavy atom. The Morgan fingerprint density at radius 2 is 2.03 bits per heavy atom. The van der Waals surface area contributed by atoms with Crippen molar-refractivity contribution in [3.63, 3.8) is 0 Å². The molecule has 1 aliphatic carbocycles. The molecule has 2 heterocycles. The highest BCUT2D eigenvalue weighted by molar-refractivity contribution is 9.08. The van der Waals surface area contributed by atoms with Crippen LogP contribution in [0.4, 0.5) is 10.5 Å². The molecular weight excluding hydrogens is 512 g/mol. The molecule has 2 aliphatic heterocycles. The van der Waals surface area contributed by atoms with Gasteiger partial charge in [-0.25, -0.2) is 4.79 Å². The Bertz CT molecular complexity index is 1160. The van der Waals surface area contributed by atoms with E-state index in [0.717, 1.165) is 42.3 Å². The number of amides is 2. The second-order valence-corrected chi connectivity index (χ2v) is 10.1. The summed E-state index contributed by atoms with van der Waals surface area (Å²) in [5.74, 6) is 0.833. The first-order valence-corrected chi connectivity index (χ1v) is 12.9. The summed E-state index contributed by atoms with van der Waals surface area (Å²) >= 11 is 3.48. The van der Waals surface area contributed by atoms with Crippen LogP contribution in [0.3, 0.4) is 0 Å². The van der Waals surface area contributed by atoms with Gasteiger partial charge in [0.1, 0.15) is 13.2 Å². The summed E-state index contributed by atoms with van der Waals surface area (Å²) < 4.78 is 17.2. The van der Waals surface area contributed by atoms with E-state index in [4.69, 9.17) is 14.2 Å². The van der Waals surface area contributed by atoms with Gasteiger partial charge in [0.05, 0.1) is 24.4 Å². The van der Waals surface area contributed by atoms with Crippen LogP contribution in [0.15, 0.2) is 49.1 Å². The summed E-state index contributed by atoms with van der Waals surface area (Å²) in [5.41, 5.74) is 3.27. The van der Waals surface area contributed by atoms with E-state index in [9.17, 15) is 9.59 Å². The van der Waals surface area contributed by atoms with Gasteiger partial charge in [-0.05, 0) is 41.9 Å². The van der Waals surface area contributed by atoms with E-state index >= 15 is 0 Å². The van der Waals surface area contributed by atoms with Crippen LogP contribution in [0.25, 0.3) is 0 Å². The van der Waals surface area contributed by atoms with Crippen molar-refractivity contribution in [2.45, 2.75) is 37.2 Å². The number of alkyl halides is 1. The van der Waals surface area contributed by atoms with Crippen molar-refractivity contribution in [1.82, 2.24) is 4.90 Å². The van der Waals surface area contributed by atoms with Gasteiger partial charge in [-0.3, -0.25) is 9.69 Å². The molecule has 35 heavy (non-hydrogen) atoms. The molecule has 2 amide bonds. The van der Waals surface area contributed by atoms with Gasteiger partial charge in [-0.2, -0.15) is 0 Å². The molecule has 5 rings (SSSR count). The maximum atomic E-state index is 13.7. The third-order valence-electron chi connectivity index (χ3n) is 7.11. The number of benzene rings is 2. The van der Waals surface area contributed by atoms with Crippen LogP contribution in [-0.4, -0.2) is 49.7 Å². The fourth-order valence-electron chi connectivity index (χ4n) is 5.13. The highest BCUT2D eigenvalue weighted by Crippen LogP contribution is 2.56. The molecule has 3 aliphatic rings. The number of hydrogen-bond donors (Lipinski definition) is 0. The van der Waals surface area contributed by atoms with Crippen molar-refractivity contribution < 1.29 is 23.8 Å². The first kappa shape index (κ1) is 23.7. The number of fused-ring (bicyclic) bond motifs is 2. The third-order valence-corrected chi connectivity index (χ3v) is 7.76. The van der Waals surface area contributed by atoms with E-state index in [1.807, 2.05) is 23.1 Å². The summed E-state index contributed by atoms with van der Waals surface area (Å²) in [5, 5.41) is 0.756. The van der Waals surface area contributed by atoms with Gasteiger partial charge < -0.3 is 19.1 Å². The summed E-state index contributed by atoms with van der Waals surface area (Å²) in [6.45, 7) is 5.17. The van der Waals surface area contributed by atoms with E-state index in [1.54, 1.807) is 24.1 Å². The highest BCUT2D eigenvalue weighted by Gasteiger charge is 2.55. The fourth-order valence-corrected chi connectivity index (χ4v) is 5.48. The lowest BCUT2D eigenvalue weighted by atomic mass is 10.0. The van der Waals surface area contributed by atoms with Gasteiger partial charge in [-0.1, -0.05) is 52.9 Å². The number of ether oxygens (including phenoxy) is 3. The van der Waals surface area contributed by atoms with Crippen LogP contribution < -0.4 is 14.4 Å². The minimum Gasteiger partial charge on any atom is -0.493 e. The average Bonchev–Trinajstić information content (AvgIpc) is 3.56. The molecule has 1 saturated heterocycles.